The van der Waals surface area contributed by atoms with Crippen molar-refractivity contribution in [3.05, 3.63) is 53.2 Å². The van der Waals surface area contributed by atoms with Crippen molar-refractivity contribution in [3.63, 3.8) is 0 Å². The molecule has 2 heterocycles. The molecule has 1 amide bonds. The molecular formula is C18H15ClN4O. The maximum absolute atomic E-state index is 11.5. The van der Waals surface area contributed by atoms with E-state index in [1.807, 2.05) is 54.0 Å². The van der Waals surface area contributed by atoms with Gasteiger partial charge in [0.05, 0.1) is 11.0 Å². The number of nitrogens with zero attached hydrogens (tertiary/aromatic N) is 2. The lowest BCUT2D eigenvalue weighted by molar-refractivity contribution is -0.118. The molecule has 120 valence electrons. The number of rotatable bonds is 3. The van der Waals surface area contributed by atoms with Crippen molar-refractivity contribution in [3.8, 4) is 11.4 Å². The van der Waals surface area contributed by atoms with E-state index in [1.54, 1.807) is 0 Å². The second kappa shape index (κ2) is 5.39. The van der Waals surface area contributed by atoms with Gasteiger partial charge in [-0.05, 0) is 31.2 Å². The standard InChI is InChI=1S/C18H15ClN4O/c1-10-17(18-21-13-7-6-11(19)8-14(13)22-18)12-4-2-3-5-15(12)23(10)9-16(20)24/h2-8H,9H2,1H3,(H2,20,24)(H,21,22). The van der Waals surface area contributed by atoms with Crippen LogP contribution in [0, 0.1) is 6.92 Å². The number of aromatic amines is 1. The molecule has 0 saturated heterocycles. The molecule has 6 heteroatoms. The normalized spacial score (nSPS) is 11.4. The zero-order valence-corrected chi connectivity index (χ0v) is 13.8. The van der Waals surface area contributed by atoms with Gasteiger partial charge in [-0.15, -0.1) is 0 Å². The summed E-state index contributed by atoms with van der Waals surface area (Å²) in [6, 6.07) is 13.5. The molecule has 0 atom stereocenters. The number of fused-ring (bicyclic) bond motifs is 2. The van der Waals surface area contributed by atoms with Crippen LogP contribution in [-0.4, -0.2) is 20.4 Å². The highest BCUT2D eigenvalue weighted by Gasteiger charge is 2.18. The molecule has 0 fully saturated rings. The van der Waals surface area contributed by atoms with Crippen molar-refractivity contribution < 1.29 is 4.79 Å². The van der Waals surface area contributed by atoms with Crippen molar-refractivity contribution in [1.82, 2.24) is 14.5 Å². The summed E-state index contributed by atoms with van der Waals surface area (Å²) in [4.78, 5) is 19.5. The Morgan fingerprint density at radius 2 is 2.08 bits per heavy atom. The third-order valence-corrected chi connectivity index (χ3v) is 4.46. The van der Waals surface area contributed by atoms with Crippen LogP contribution in [0.15, 0.2) is 42.5 Å². The molecule has 4 rings (SSSR count). The fourth-order valence-corrected chi connectivity index (χ4v) is 3.36. The zero-order valence-electron chi connectivity index (χ0n) is 13.0. The van der Waals surface area contributed by atoms with Crippen LogP contribution >= 0.6 is 11.6 Å². The van der Waals surface area contributed by atoms with E-state index in [-0.39, 0.29) is 12.5 Å². The number of carbonyl (C=O) groups excluding carboxylic acids is 1. The molecule has 4 aromatic rings. The van der Waals surface area contributed by atoms with Gasteiger partial charge in [0.2, 0.25) is 5.91 Å². The van der Waals surface area contributed by atoms with Crippen molar-refractivity contribution in [2.75, 3.05) is 0 Å². The molecule has 2 aromatic heterocycles. The zero-order chi connectivity index (χ0) is 16.8. The van der Waals surface area contributed by atoms with Gasteiger partial charge in [0, 0.05) is 27.2 Å². The van der Waals surface area contributed by atoms with E-state index in [9.17, 15) is 4.79 Å². The molecule has 0 unspecified atom stereocenters. The molecule has 0 saturated carbocycles. The van der Waals surface area contributed by atoms with Gasteiger partial charge in [0.1, 0.15) is 12.4 Å². The van der Waals surface area contributed by atoms with Gasteiger partial charge in [-0.1, -0.05) is 29.8 Å². The van der Waals surface area contributed by atoms with Crippen LogP contribution in [0.3, 0.4) is 0 Å². The second-order valence-electron chi connectivity index (χ2n) is 5.78. The van der Waals surface area contributed by atoms with Gasteiger partial charge in [0.25, 0.3) is 0 Å². The fraction of sp³-hybridized carbons (Fsp3) is 0.111. The Balaban J connectivity index is 2.01. The molecule has 2 aromatic carbocycles. The van der Waals surface area contributed by atoms with Crippen molar-refractivity contribution in [2.24, 2.45) is 5.73 Å². The smallest absolute Gasteiger partial charge is 0.237 e. The number of nitrogens with two attached hydrogens (primary N) is 1. The van der Waals surface area contributed by atoms with Crippen LogP contribution in [0.1, 0.15) is 5.69 Å². The van der Waals surface area contributed by atoms with E-state index in [1.165, 1.54) is 0 Å². The van der Waals surface area contributed by atoms with Crippen LogP contribution in [0.2, 0.25) is 5.02 Å². The lowest BCUT2D eigenvalue weighted by atomic mass is 10.1. The molecule has 24 heavy (non-hydrogen) atoms. The first-order valence-electron chi connectivity index (χ1n) is 7.56. The van der Waals surface area contributed by atoms with Crippen LogP contribution < -0.4 is 5.73 Å². The third kappa shape index (κ3) is 2.25. The first-order chi connectivity index (χ1) is 11.5. The van der Waals surface area contributed by atoms with E-state index in [0.29, 0.717) is 5.02 Å². The highest BCUT2D eigenvalue weighted by molar-refractivity contribution is 6.31. The van der Waals surface area contributed by atoms with Gasteiger partial charge >= 0.3 is 0 Å². The number of nitrogens with one attached hydrogen (secondary N) is 1. The van der Waals surface area contributed by atoms with Crippen molar-refractivity contribution >= 4 is 39.4 Å². The Kier molecular flexibility index (Phi) is 3.32. The number of aromatic nitrogens is 3. The number of halogens is 1. The summed E-state index contributed by atoms with van der Waals surface area (Å²) in [6.07, 6.45) is 0. The average molecular weight is 339 g/mol. The summed E-state index contributed by atoms with van der Waals surface area (Å²) in [6.45, 7) is 2.11. The molecule has 5 nitrogen and oxygen atoms in total. The Morgan fingerprint density at radius 3 is 2.88 bits per heavy atom. The van der Waals surface area contributed by atoms with E-state index >= 15 is 0 Å². The summed E-state index contributed by atoms with van der Waals surface area (Å²) in [5.41, 5.74) is 10.0. The summed E-state index contributed by atoms with van der Waals surface area (Å²) in [5.74, 6) is 0.381. The third-order valence-electron chi connectivity index (χ3n) is 4.23. The number of primary amides is 1. The number of hydrogen-bond acceptors (Lipinski definition) is 2. The average Bonchev–Trinajstić information content (AvgIpc) is 3.06. The van der Waals surface area contributed by atoms with Crippen LogP contribution in [0.4, 0.5) is 0 Å². The maximum Gasteiger partial charge on any atom is 0.237 e. The molecule has 3 N–H and O–H groups in total. The van der Waals surface area contributed by atoms with Gasteiger partial charge in [-0.25, -0.2) is 4.98 Å². The van der Waals surface area contributed by atoms with Crippen LogP contribution in [-0.2, 0) is 11.3 Å². The highest BCUT2D eigenvalue weighted by atomic mass is 35.5. The van der Waals surface area contributed by atoms with E-state index < -0.39 is 0 Å². The molecule has 0 spiro atoms. The van der Waals surface area contributed by atoms with Crippen LogP contribution in [0.25, 0.3) is 33.3 Å². The highest BCUT2D eigenvalue weighted by Crippen LogP contribution is 2.34. The minimum atomic E-state index is -0.373. The number of para-hydroxylation sites is 1. The number of H-pyrrole nitrogens is 1. The lowest BCUT2D eigenvalue weighted by Crippen LogP contribution is -2.19. The number of imidazole rings is 1. The first kappa shape index (κ1) is 14.8. The predicted molar refractivity (Wildman–Crippen MR) is 96.0 cm³/mol. The molecule has 0 aliphatic carbocycles. The molecule has 0 bridgehead atoms. The molecule has 0 aliphatic rings. The van der Waals surface area contributed by atoms with Crippen molar-refractivity contribution in [2.45, 2.75) is 13.5 Å². The Bertz CT molecular complexity index is 1090. The number of hydrogen-bond donors (Lipinski definition) is 2. The number of amides is 1. The minimum absolute atomic E-state index is 0.137. The van der Waals surface area contributed by atoms with E-state index in [4.69, 9.17) is 17.3 Å². The topological polar surface area (TPSA) is 76.7 Å². The van der Waals surface area contributed by atoms with Gasteiger partial charge in [0.15, 0.2) is 0 Å². The largest absolute Gasteiger partial charge is 0.368 e. The van der Waals surface area contributed by atoms with Gasteiger partial charge in [-0.3, -0.25) is 4.79 Å². The van der Waals surface area contributed by atoms with Gasteiger partial charge < -0.3 is 15.3 Å². The SMILES string of the molecule is Cc1c(-c2nc3ccc(Cl)cc3[nH]2)c2ccccc2n1CC(N)=O. The Labute approximate surface area is 143 Å². The summed E-state index contributed by atoms with van der Waals surface area (Å²) < 4.78 is 1.92. The Morgan fingerprint density at radius 1 is 1.29 bits per heavy atom. The van der Waals surface area contributed by atoms with E-state index in [0.717, 1.165) is 39.0 Å². The molecule has 0 aliphatic heterocycles. The number of benzene rings is 2. The van der Waals surface area contributed by atoms with Crippen LogP contribution in [0.5, 0.6) is 0 Å². The lowest BCUT2D eigenvalue weighted by Gasteiger charge is -2.05. The summed E-state index contributed by atoms with van der Waals surface area (Å²) >= 11 is 6.06. The number of carbonyl (C=O) groups is 1. The summed E-state index contributed by atoms with van der Waals surface area (Å²) in [5, 5.41) is 1.69. The minimum Gasteiger partial charge on any atom is -0.368 e. The quantitative estimate of drug-likeness (QED) is 0.598. The second-order valence-corrected chi connectivity index (χ2v) is 6.21. The molecule has 0 radical (unpaired) electrons. The fourth-order valence-electron chi connectivity index (χ4n) is 3.19. The van der Waals surface area contributed by atoms with Gasteiger partial charge in [-0.2, -0.15) is 0 Å². The van der Waals surface area contributed by atoms with Crippen molar-refractivity contribution in [1.29, 1.82) is 0 Å². The maximum atomic E-state index is 11.5. The Hall–Kier alpha value is -2.79. The molecular weight excluding hydrogens is 324 g/mol. The monoisotopic (exact) mass is 338 g/mol. The first-order valence-corrected chi connectivity index (χ1v) is 7.94. The van der Waals surface area contributed by atoms with E-state index in [2.05, 4.69) is 9.97 Å². The predicted octanol–water partition coefficient (Wildman–Crippen LogP) is 3.63. The summed E-state index contributed by atoms with van der Waals surface area (Å²) in [7, 11) is 0.